The topological polar surface area (TPSA) is 38.3 Å². The van der Waals surface area contributed by atoms with Crippen LogP contribution in [-0.4, -0.2) is 12.5 Å². The van der Waals surface area contributed by atoms with Gasteiger partial charge in [-0.15, -0.1) is 0 Å². The van der Waals surface area contributed by atoms with Crippen molar-refractivity contribution in [1.82, 2.24) is 5.32 Å². The van der Waals surface area contributed by atoms with Crippen LogP contribution in [-0.2, 0) is 11.2 Å². The molecule has 1 atom stereocenters. The lowest BCUT2D eigenvalue weighted by atomic mass is 10.0. The molecule has 128 valence electrons. The van der Waals surface area contributed by atoms with Crippen molar-refractivity contribution in [1.29, 1.82) is 0 Å². The fourth-order valence-corrected chi connectivity index (χ4v) is 2.44. The second-order valence-corrected chi connectivity index (χ2v) is 6.23. The van der Waals surface area contributed by atoms with E-state index in [0.717, 1.165) is 37.3 Å². The van der Waals surface area contributed by atoms with Gasteiger partial charge in [0.2, 0.25) is 5.91 Å². The maximum absolute atomic E-state index is 11.7. The van der Waals surface area contributed by atoms with Gasteiger partial charge in [-0.2, -0.15) is 0 Å². The summed E-state index contributed by atoms with van der Waals surface area (Å²) < 4.78 is 5.85. The van der Waals surface area contributed by atoms with Crippen LogP contribution < -0.4 is 10.1 Å². The van der Waals surface area contributed by atoms with Gasteiger partial charge in [0.25, 0.3) is 0 Å². The molecule has 2 aromatic rings. The first-order chi connectivity index (χ1) is 11.7. The molecule has 1 unspecified atom stereocenters. The second kappa shape index (κ2) is 9.76. The van der Waals surface area contributed by atoms with E-state index in [1.807, 2.05) is 42.5 Å². The van der Waals surface area contributed by atoms with Crippen LogP contribution in [0.1, 0.15) is 38.7 Å². The van der Waals surface area contributed by atoms with Gasteiger partial charge in [0.05, 0.1) is 0 Å². The number of hydrogen-bond acceptors (Lipinski definition) is 2. The molecule has 0 aromatic heterocycles. The first-order valence-electron chi connectivity index (χ1n) is 8.76. The lowest BCUT2D eigenvalue weighted by Crippen LogP contribution is -2.26. The van der Waals surface area contributed by atoms with E-state index in [2.05, 4.69) is 31.3 Å². The summed E-state index contributed by atoms with van der Waals surface area (Å²) in [6.07, 6.45) is 3.52. The van der Waals surface area contributed by atoms with Gasteiger partial charge in [-0.3, -0.25) is 4.79 Å². The van der Waals surface area contributed by atoms with Crippen LogP contribution in [0.15, 0.2) is 54.6 Å². The quantitative estimate of drug-likeness (QED) is 0.661. The Morgan fingerprint density at radius 1 is 1.08 bits per heavy atom. The van der Waals surface area contributed by atoms with E-state index in [9.17, 15) is 4.79 Å². The fraction of sp³-hybridized carbons (Fsp3) is 0.381. The number of aryl methyl sites for hydroxylation is 1. The summed E-state index contributed by atoms with van der Waals surface area (Å²) in [7, 11) is 0. The zero-order valence-electron chi connectivity index (χ0n) is 14.6. The second-order valence-electron chi connectivity index (χ2n) is 6.23. The van der Waals surface area contributed by atoms with E-state index < -0.39 is 0 Å². The maximum atomic E-state index is 11.7. The zero-order chi connectivity index (χ0) is 17.2. The highest BCUT2D eigenvalue weighted by Crippen LogP contribution is 2.22. The van der Waals surface area contributed by atoms with E-state index in [1.165, 1.54) is 5.56 Å². The molecule has 0 aliphatic carbocycles. The molecule has 1 N–H and O–H groups in total. The SMILES string of the molecule is CCC(C)CC(=O)NCCCc1cccc(Oc2ccccc2)c1. The van der Waals surface area contributed by atoms with Crippen molar-refractivity contribution >= 4 is 5.91 Å². The molecule has 1 amide bonds. The van der Waals surface area contributed by atoms with Gasteiger partial charge in [-0.05, 0) is 48.6 Å². The molecule has 0 saturated carbocycles. The Labute approximate surface area is 145 Å². The van der Waals surface area contributed by atoms with Crippen molar-refractivity contribution in [3.8, 4) is 11.5 Å². The van der Waals surface area contributed by atoms with Crippen molar-refractivity contribution in [2.75, 3.05) is 6.54 Å². The summed E-state index contributed by atoms with van der Waals surface area (Å²) in [5.74, 6) is 2.30. The summed E-state index contributed by atoms with van der Waals surface area (Å²) in [5, 5.41) is 3.00. The minimum Gasteiger partial charge on any atom is -0.457 e. The minimum absolute atomic E-state index is 0.158. The molecule has 0 fully saturated rings. The normalized spacial score (nSPS) is 11.8. The number of nitrogens with one attached hydrogen (secondary N) is 1. The molecule has 3 heteroatoms. The monoisotopic (exact) mass is 325 g/mol. The summed E-state index contributed by atoms with van der Waals surface area (Å²) in [6.45, 7) is 4.94. The Morgan fingerprint density at radius 2 is 1.83 bits per heavy atom. The van der Waals surface area contributed by atoms with Crippen molar-refractivity contribution in [2.24, 2.45) is 5.92 Å². The molecular formula is C21H27NO2. The van der Waals surface area contributed by atoms with Crippen LogP contribution in [0.4, 0.5) is 0 Å². The number of carbonyl (C=O) groups is 1. The Balaban J connectivity index is 1.75. The first-order valence-corrected chi connectivity index (χ1v) is 8.76. The largest absolute Gasteiger partial charge is 0.457 e. The number of benzene rings is 2. The molecule has 0 aliphatic rings. The molecule has 24 heavy (non-hydrogen) atoms. The first kappa shape index (κ1) is 18.1. The molecule has 2 aromatic carbocycles. The summed E-state index contributed by atoms with van der Waals surface area (Å²) in [6, 6.07) is 17.9. The number of amides is 1. The molecule has 3 nitrogen and oxygen atoms in total. The van der Waals surface area contributed by atoms with Crippen LogP contribution in [0.25, 0.3) is 0 Å². The van der Waals surface area contributed by atoms with Crippen molar-refractivity contribution < 1.29 is 9.53 Å². The Bertz CT molecular complexity index is 625. The molecule has 0 radical (unpaired) electrons. The lowest BCUT2D eigenvalue weighted by molar-refractivity contribution is -0.121. The average Bonchev–Trinajstić information content (AvgIpc) is 2.60. The van der Waals surface area contributed by atoms with E-state index in [-0.39, 0.29) is 5.91 Å². The summed E-state index contributed by atoms with van der Waals surface area (Å²) in [4.78, 5) is 11.7. The number of hydrogen-bond donors (Lipinski definition) is 1. The number of ether oxygens (including phenoxy) is 1. The third-order valence-corrected chi connectivity index (χ3v) is 4.07. The summed E-state index contributed by atoms with van der Waals surface area (Å²) in [5.41, 5.74) is 1.22. The third-order valence-electron chi connectivity index (χ3n) is 4.07. The van der Waals surface area contributed by atoms with Gasteiger partial charge in [0.1, 0.15) is 11.5 Å². The van der Waals surface area contributed by atoms with Gasteiger partial charge >= 0.3 is 0 Å². The average molecular weight is 325 g/mol. The smallest absolute Gasteiger partial charge is 0.220 e. The van der Waals surface area contributed by atoms with E-state index >= 15 is 0 Å². The predicted octanol–water partition coefficient (Wildman–Crippen LogP) is 4.96. The van der Waals surface area contributed by atoms with E-state index in [4.69, 9.17) is 4.74 Å². The highest BCUT2D eigenvalue weighted by atomic mass is 16.5. The zero-order valence-corrected chi connectivity index (χ0v) is 14.6. The van der Waals surface area contributed by atoms with Crippen LogP contribution >= 0.6 is 0 Å². The lowest BCUT2D eigenvalue weighted by Gasteiger charge is -2.10. The van der Waals surface area contributed by atoms with Gasteiger partial charge < -0.3 is 10.1 Å². The molecule has 0 spiro atoms. The minimum atomic E-state index is 0.158. The molecule has 0 saturated heterocycles. The predicted molar refractivity (Wildman–Crippen MR) is 98.4 cm³/mol. The fourth-order valence-electron chi connectivity index (χ4n) is 2.44. The Morgan fingerprint density at radius 3 is 2.58 bits per heavy atom. The van der Waals surface area contributed by atoms with Crippen LogP contribution in [0.2, 0.25) is 0 Å². The van der Waals surface area contributed by atoms with Crippen LogP contribution in [0.5, 0.6) is 11.5 Å². The molecule has 2 rings (SSSR count). The van der Waals surface area contributed by atoms with Gasteiger partial charge in [0.15, 0.2) is 0 Å². The van der Waals surface area contributed by atoms with Crippen LogP contribution in [0, 0.1) is 5.92 Å². The van der Waals surface area contributed by atoms with Crippen molar-refractivity contribution in [3.05, 3.63) is 60.2 Å². The van der Waals surface area contributed by atoms with Crippen molar-refractivity contribution in [2.45, 2.75) is 39.5 Å². The summed E-state index contributed by atoms with van der Waals surface area (Å²) >= 11 is 0. The van der Waals surface area contributed by atoms with E-state index in [1.54, 1.807) is 0 Å². The third kappa shape index (κ3) is 6.45. The molecular weight excluding hydrogens is 298 g/mol. The number of carbonyl (C=O) groups excluding carboxylic acids is 1. The Hall–Kier alpha value is -2.29. The molecule has 0 bridgehead atoms. The van der Waals surface area contributed by atoms with Gasteiger partial charge in [0, 0.05) is 13.0 Å². The standard InChI is InChI=1S/C21H27NO2/c1-3-17(2)15-21(23)22-14-8-10-18-9-7-13-20(16-18)24-19-11-5-4-6-12-19/h4-7,9,11-13,16-17H,3,8,10,14-15H2,1-2H3,(H,22,23). The highest BCUT2D eigenvalue weighted by molar-refractivity contribution is 5.76. The van der Waals surface area contributed by atoms with Crippen molar-refractivity contribution in [3.63, 3.8) is 0 Å². The molecule has 0 aliphatic heterocycles. The number of rotatable bonds is 9. The van der Waals surface area contributed by atoms with Crippen LogP contribution in [0.3, 0.4) is 0 Å². The van der Waals surface area contributed by atoms with Gasteiger partial charge in [-0.25, -0.2) is 0 Å². The molecule has 0 heterocycles. The maximum Gasteiger partial charge on any atom is 0.220 e. The number of para-hydroxylation sites is 1. The van der Waals surface area contributed by atoms with Gasteiger partial charge in [-0.1, -0.05) is 50.6 Å². The Kier molecular flexibility index (Phi) is 7.34. The highest BCUT2D eigenvalue weighted by Gasteiger charge is 2.06. The van der Waals surface area contributed by atoms with E-state index in [0.29, 0.717) is 12.3 Å².